The molecule has 0 saturated heterocycles. The molecule has 1 heterocycles. The maximum absolute atomic E-state index is 3.63. The van der Waals surface area contributed by atoms with Crippen molar-refractivity contribution in [2.24, 2.45) is 0 Å². The summed E-state index contributed by atoms with van der Waals surface area (Å²) in [5, 5.41) is 4.97. The van der Waals surface area contributed by atoms with Gasteiger partial charge in [0.2, 0.25) is 0 Å². The molecule has 2 N–H and O–H groups in total. The summed E-state index contributed by atoms with van der Waals surface area (Å²) in [5.74, 6) is 1.18. The van der Waals surface area contributed by atoms with E-state index >= 15 is 0 Å². The monoisotopic (exact) mass is 248 g/mol. The fourth-order valence-electron chi connectivity index (χ4n) is 2.08. The van der Waals surface area contributed by atoms with Gasteiger partial charge >= 0.3 is 0 Å². The molecule has 0 amide bonds. The van der Waals surface area contributed by atoms with Crippen molar-refractivity contribution < 1.29 is 0 Å². The fourth-order valence-corrected chi connectivity index (χ4v) is 2.84. The molecule has 0 radical (unpaired) electrons. The minimum Gasteiger partial charge on any atom is -0.361 e. The van der Waals surface area contributed by atoms with Crippen LogP contribution in [-0.2, 0) is 6.54 Å². The molecule has 0 fully saturated rings. The summed E-state index contributed by atoms with van der Waals surface area (Å²) in [4.78, 5) is 3.25. The molecule has 1 aromatic heterocycles. The van der Waals surface area contributed by atoms with Crippen molar-refractivity contribution in [1.82, 2.24) is 10.3 Å². The third-order valence-electron chi connectivity index (χ3n) is 3.13. The molecule has 1 aromatic carbocycles. The zero-order valence-electron chi connectivity index (χ0n) is 10.5. The van der Waals surface area contributed by atoms with Gasteiger partial charge in [-0.2, -0.15) is 11.8 Å². The van der Waals surface area contributed by atoms with Crippen molar-refractivity contribution in [3.63, 3.8) is 0 Å². The van der Waals surface area contributed by atoms with E-state index in [2.05, 4.69) is 47.7 Å². The van der Waals surface area contributed by atoms with Gasteiger partial charge in [0.1, 0.15) is 0 Å². The number of hydrogen-bond acceptors (Lipinski definition) is 2. The number of aromatic nitrogens is 1. The fraction of sp³-hybridized carbons (Fsp3) is 0.429. The van der Waals surface area contributed by atoms with E-state index in [0.29, 0.717) is 6.04 Å². The topological polar surface area (TPSA) is 27.8 Å². The molecule has 92 valence electrons. The molecule has 2 aromatic rings. The van der Waals surface area contributed by atoms with Crippen LogP contribution in [0.3, 0.4) is 0 Å². The first-order valence-corrected chi connectivity index (χ1v) is 7.51. The van der Waals surface area contributed by atoms with Gasteiger partial charge in [-0.25, -0.2) is 0 Å². The lowest BCUT2D eigenvalue weighted by atomic mass is 10.1. The SMILES string of the molecule is CCC(CSC)NCc1cccc2[nH]ccc12. The second-order valence-electron chi connectivity index (χ2n) is 4.30. The predicted octanol–water partition coefficient (Wildman–Crippen LogP) is 3.40. The van der Waals surface area contributed by atoms with Crippen LogP contribution in [0.5, 0.6) is 0 Å². The number of benzene rings is 1. The smallest absolute Gasteiger partial charge is 0.0457 e. The van der Waals surface area contributed by atoms with Gasteiger partial charge in [-0.3, -0.25) is 0 Å². The van der Waals surface area contributed by atoms with E-state index in [4.69, 9.17) is 0 Å². The number of fused-ring (bicyclic) bond motifs is 1. The second kappa shape index (κ2) is 6.12. The van der Waals surface area contributed by atoms with Crippen molar-refractivity contribution in [3.8, 4) is 0 Å². The number of rotatable bonds is 6. The van der Waals surface area contributed by atoms with Crippen molar-refractivity contribution in [1.29, 1.82) is 0 Å². The van der Waals surface area contributed by atoms with Gasteiger partial charge in [-0.05, 0) is 30.4 Å². The van der Waals surface area contributed by atoms with Gasteiger partial charge < -0.3 is 10.3 Å². The number of aromatic amines is 1. The maximum atomic E-state index is 3.63. The Morgan fingerprint density at radius 3 is 3.00 bits per heavy atom. The molecule has 0 spiro atoms. The van der Waals surface area contributed by atoms with Crippen molar-refractivity contribution in [2.75, 3.05) is 12.0 Å². The summed E-state index contributed by atoms with van der Waals surface area (Å²) in [6, 6.07) is 9.21. The number of hydrogen-bond donors (Lipinski definition) is 2. The molecule has 3 heteroatoms. The van der Waals surface area contributed by atoms with E-state index in [1.54, 1.807) is 0 Å². The van der Waals surface area contributed by atoms with Crippen LogP contribution in [0, 0.1) is 0 Å². The van der Waals surface area contributed by atoms with E-state index in [1.165, 1.54) is 28.6 Å². The Morgan fingerprint density at radius 2 is 2.24 bits per heavy atom. The zero-order valence-corrected chi connectivity index (χ0v) is 11.3. The molecule has 0 aliphatic carbocycles. The average Bonchev–Trinajstić information content (AvgIpc) is 2.83. The lowest BCUT2D eigenvalue weighted by Crippen LogP contribution is -2.30. The summed E-state index contributed by atoms with van der Waals surface area (Å²) >= 11 is 1.91. The first-order chi connectivity index (χ1) is 8.35. The van der Waals surface area contributed by atoms with Gasteiger partial charge in [0.15, 0.2) is 0 Å². The van der Waals surface area contributed by atoms with Crippen LogP contribution < -0.4 is 5.32 Å². The summed E-state index contributed by atoms with van der Waals surface area (Å²) in [7, 11) is 0. The Morgan fingerprint density at radius 1 is 1.35 bits per heavy atom. The molecule has 1 atom stereocenters. The highest BCUT2D eigenvalue weighted by molar-refractivity contribution is 7.98. The molecule has 2 rings (SSSR count). The van der Waals surface area contributed by atoms with Gasteiger partial charge in [-0.1, -0.05) is 19.1 Å². The Hall–Kier alpha value is -0.930. The molecule has 0 saturated carbocycles. The normalized spacial score (nSPS) is 13.1. The average molecular weight is 248 g/mol. The number of H-pyrrole nitrogens is 1. The van der Waals surface area contributed by atoms with Crippen LogP contribution >= 0.6 is 11.8 Å². The van der Waals surface area contributed by atoms with Crippen LogP contribution in [0.2, 0.25) is 0 Å². The van der Waals surface area contributed by atoms with E-state index in [0.717, 1.165) is 6.54 Å². The first-order valence-electron chi connectivity index (χ1n) is 6.12. The van der Waals surface area contributed by atoms with Gasteiger partial charge in [0, 0.05) is 35.4 Å². The minimum atomic E-state index is 0.610. The zero-order chi connectivity index (χ0) is 12.1. The highest BCUT2D eigenvalue weighted by atomic mass is 32.2. The molecule has 17 heavy (non-hydrogen) atoms. The Labute approximate surface area is 107 Å². The van der Waals surface area contributed by atoms with E-state index in [9.17, 15) is 0 Å². The van der Waals surface area contributed by atoms with Gasteiger partial charge in [0.25, 0.3) is 0 Å². The van der Waals surface area contributed by atoms with Crippen LogP contribution in [0.15, 0.2) is 30.5 Å². The third kappa shape index (κ3) is 3.05. The number of thioether (sulfide) groups is 1. The van der Waals surface area contributed by atoms with E-state index in [1.807, 2.05) is 18.0 Å². The molecule has 0 bridgehead atoms. The first kappa shape index (κ1) is 12.5. The van der Waals surface area contributed by atoms with Gasteiger partial charge in [0.05, 0.1) is 0 Å². The van der Waals surface area contributed by atoms with Crippen molar-refractivity contribution in [3.05, 3.63) is 36.0 Å². The molecular weight excluding hydrogens is 228 g/mol. The summed E-state index contributed by atoms with van der Waals surface area (Å²) in [6.07, 6.45) is 5.36. The molecule has 2 nitrogen and oxygen atoms in total. The lowest BCUT2D eigenvalue weighted by molar-refractivity contribution is 0.543. The third-order valence-corrected chi connectivity index (χ3v) is 3.86. The summed E-state index contributed by atoms with van der Waals surface area (Å²) in [6.45, 7) is 3.19. The van der Waals surface area contributed by atoms with Crippen LogP contribution in [-0.4, -0.2) is 23.0 Å². The highest BCUT2D eigenvalue weighted by Crippen LogP contribution is 2.17. The highest BCUT2D eigenvalue weighted by Gasteiger charge is 2.06. The second-order valence-corrected chi connectivity index (χ2v) is 5.21. The minimum absolute atomic E-state index is 0.610. The van der Waals surface area contributed by atoms with Crippen molar-refractivity contribution in [2.45, 2.75) is 25.9 Å². The maximum Gasteiger partial charge on any atom is 0.0457 e. The van der Waals surface area contributed by atoms with E-state index in [-0.39, 0.29) is 0 Å². The quantitative estimate of drug-likeness (QED) is 0.820. The van der Waals surface area contributed by atoms with Crippen molar-refractivity contribution >= 4 is 22.7 Å². The van der Waals surface area contributed by atoms with Crippen LogP contribution in [0.1, 0.15) is 18.9 Å². The lowest BCUT2D eigenvalue weighted by Gasteiger charge is -2.16. The number of nitrogens with one attached hydrogen (secondary N) is 2. The predicted molar refractivity (Wildman–Crippen MR) is 77.6 cm³/mol. The largest absolute Gasteiger partial charge is 0.361 e. The molecule has 1 unspecified atom stereocenters. The summed E-state index contributed by atoms with van der Waals surface area (Å²) < 4.78 is 0. The Kier molecular flexibility index (Phi) is 4.51. The van der Waals surface area contributed by atoms with Gasteiger partial charge in [-0.15, -0.1) is 0 Å². The van der Waals surface area contributed by atoms with E-state index < -0.39 is 0 Å². The Balaban J connectivity index is 2.05. The molecular formula is C14H20N2S. The molecule has 0 aliphatic heterocycles. The van der Waals surface area contributed by atoms with Crippen LogP contribution in [0.25, 0.3) is 10.9 Å². The standard InChI is InChI=1S/C14H20N2S/c1-3-12(10-17-2)16-9-11-5-4-6-14-13(11)7-8-15-14/h4-8,12,15-16H,3,9-10H2,1-2H3. The Bertz CT molecular complexity index is 464. The summed E-state index contributed by atoms with van der Waals surface area (Å²) in [5.41, 5.74) is 2.60. The van der Waals surface area contributed by atoms with Crippen LogP contribution in [0.4, 0.5) is 0 Å². The molecule has 0 aliphatic rings.